The normalized spacial score (nSPS) is 15.6. The third-order valence-corrected chi connectivity index (χ3v) is 10.6. The third kappa shape index (κ3) is 10.5. The van der Waals surface area contributed by atoms with Gasteiger partial charge in [0.2, 0.25) is 0 Å². The van der Waals surface area contributed by atoms with E-state index in [9.17, 15) is 115 Å². The number of hydrogen-bond donors (Lipinski definition) is 1. The average Bonchev–Trinajstić information content (AvgIpc) is 3.06. The first kappa shape index (κ1) is 56.4. The lowest BCUT2D eigenvalue weighted by atomic mass is 9.89. The predicted molar refractivity (Wildman–Crippen MR) is 148 cm³/mol. The van der Waals surface area contributed by atoms with Gasteiger partial charge in [0.05, 0.1) is 6.61 Å². The van der Waals surface area contributed by atoms with E-state index in [0.717, 1.165) is 0 Å². The Balaban J connectivity index is 6.12. The molecule has 0 saturated heterocycles. The highest BCUT2D eigenvalue weighted by Gasteiger charge is 2.92. The molecule has 59 heavy (non-hydrogen) atoms. The van der Waals surface area contributed by atoms with Crippen LogP contribution < -0.4 is 5.32 Å². The van der Waals surface area contributed by atoms with Crippen molar-refractivity contribution in [2.75, 3.05) is 33.0 Å². The van der Waals surface area contributed by atoms with Crippen LogP contribution in [-0.4, -0.2) is 119 Å². The van der Waals surface area contributed by atoms with Gasteiger partial charge in [-0.3, -0.25) is 0 Å². The molecule has 0 aromatic heterocycles. The van der Waals surface area contributed by atoms with Crippen LogP contribution in [-0.2, 0) is 18.0 Å². The third-order valence-electron chi connectivity index (χ3n) is 7.41. The van der Waals surface area contributed by atoms with E-state index >= 15 is 0 Å². The Morgan fingerprint density at radius 3 is 1.17 bits per heavy atom. The number of nitrogens with one attached hydrogen (secondary N) is 1. The lowest BCUT2D eigenvalue weighted by Crippen LogP contribution is -2.70. The van der Waals surface area contributed by atoms with Crippen molar-refractivity contribution in [3.05, 3.63) is 12.2 Å². The summed E-state index contributed by atoms with van der Waals surface area (Å²) in [6.45, 7) is 3.46. The molecule has 32 heteroatoms. The summed E-state index contributed by atoms with van der Waals surface area (Å²) in [5.74, 6) is -90.2. The highest BCUT2D eigenvalue weighted by atomic mass is 28.4. The second-order valence-corrected chi connectivity index (χ2v) is 14.4. The molecule has 0 aliphatic rings. The summed E-state index contributed by atoms with van der Waals surface area (Å²) in [5, 5.41) is 1.99. The quantitative estimate of drug-likeness (QED) is 0.0427. The Morgan fingerprint density at radius 1 is 0.492 bits per heavy atom. The number of ether oxygens (including phenoxy) is 1. The summed E-state index contributed by atoms with van der Waals surface area (Å²) in [6, 6.07) is 0.0745. The molecule has 0 heterocycles. The molecule has 0 aliphatic carbocycles. The molecule has 6 nitrogen and oxygen atoms in total. The Kier molecular flexibility index (Phi) is 17.5. The number of hydrogen-bond acceptors (Lipinski definition) is 5. The fourth-order valence-corrected chi connectivity index (χ4v) is 6.81. The van der Waals surface area contributed by atoms with Crippen LogP contribution in [0.1, 0.15) is 40.0 Å². The molecule has 1 N–H and O–H groups in total. The Bertz CT molecular complexity index is 1390. The minimum atomic E-state index is -8.75. The van der Waals surface area contributed by atoms with Crippen LogP contribution in [0, 0.1) is 0 Å². The maximum atomic E-state index is 14.2. The lowest BCUT2D eigenvalue weighted by molar-refractivity contribution is -0.436. The molecule has 0 saturated carbocycles. The van der Waals surface area contributed by atoms with E-state index in [0.29, 0.717) is 0 Å². The van der Waals surface area contributed by atoms with E-state index in [1.807, 2.05) is 5.32 Å². The van der Waals surface area contributed by atoms with Crippen molar-refractivity contribution in [1.82, 2.24) is 5.32 Å². The zero-order valence-corrected chi connectivity index (χ0v) is 30.5. The number of alkyl carbamates (subject to hydrolysis) is 1. The first-order valence-corrected chi connectivity index (χ1v) is 17.7. The molecule has 0 fully saturated rings. The number of allylic oxidation sites excluding steroid dienone is 2. The maximum absolute atomic E-state index is 14.2. The number of halogens is 25. The highest BCUT2D eigenvalue weighted by Crippen LogP contribution is 2.63. The van der Waals surface area contributed by atoms with Crippen LogP contribution in [0.5, 0.6) is 0 Å². The molecule has 0 spiro atoms. The lowest BCUT2D eigenvalue weighted by Gasteiger charge is -2.41. The smallest absolute Gasteiger partial charge is 0.450 e. The van der Waals surface area contributed by atoms with Crippen LogP contribution in [0.3, 0.4) is 0 Å². The minimum Gasteiger partial charge on any atom is -0.450 e. The van der Waals surface area contributed by atoms with Gasteiger partial charge in [0.25, 0.3) is 0 Å². The van der Waals surface area contributed by atoms with Gasteiger partial charge in [0.1, 0.15) is 0 Å². The van der Waals surface area contributed by atoms with E-state index in [2.05, 4.69) is 4.74 Å². The summed E-state index contributed by atoms with van der Waals surface area (Å²) >= 11 is 0. The van der Waals surface area contributed by atoms with Gasteiger partial charge in [0.15, 0.2) is 0 Å². The highest BCUT2D eigenvalue weighted by molar-refractivity contribution is 6.60. The Hall–Kier alpha value is -2.64. The van der Waals surface area contributed by atoms with Gasteiger partial charge >= 0.3 is 86.2 Å². The van der Waals surface area contributed by atoms with Crippen molar-refractivity contribution >= 4 is 14.9 Å². The molecular formula is C27H30F25NO5Si. The average molecular weight is 952 g/mol. The van der Waals surface area contributed by atoms with Gasteiger partial charge in [0, 0.05) is 38.8 Å². The van der Waals surface area contributed by atoms with E-state index < -0.39 is 118 Å². The van der Waals surface area contributed by atoms with Crippen LogP contribution in [0.15, 0.2) is 12.2 Å². The largest absolute Gasteiger partial charge is 0.500 e. The number of amides is 1. The van der Waals surface area contributed by atoms with Crippen molar-refractivity contribution in [2.24, 2.45) is 0 Å². The van der Waals surface area contributed by atoms with Crippen molar-refractivity contribution < 1.29 is 133 Å². The fraction of sp³-hybridized carbons (Fsp3) is 0.889. The SMILES string of the molecule is CCO[Si](CCCNC(=O)OCCCC(F)(F)C(F)(F)C(F)(F)C(F)(F)C(F)(F)C(F)(F)C=CC(F)(F)C(F)(F)C(F)(F)C(F)(F)C(F)(F)C(F)(F)F)(OCC)OCC. The van der Waals surface area contributed by atoms with Gasteiger partial charge in [-0.05, 0) is 45.8 Å². The molecule has 0 unspecified atom stereocenters. The van der Waals surface area contributed by atoms with E-state index in [4.69, 9.17) is 13.3 Å². The molecule has 0 radical (unpaired) electrons. The monoisotopic (exact) mass is 951 g/mol. The molecular weight excluding hydrogens is 921 g/mol. The summed E-state index contributed by atoms with van der Waals surface area (Å²) < 4.78 is 360. The number of carbonyl (C=O) groups excluding carboxylic acids is 1. The number of carbonyl (C=O) groups is 1. The zero-order valence-electron chi connectivity index (χ0n) is 29.5. The van der Waals surface area contributed by atoms with Crippen molar-refractivity contribution in [3.8, 4) is 0 Å². The standard InChI is InChI=1S/C27H30F25NO5Si/c1-4-56-59(57-5-2,58-6-3)14-8-12-53-15(54)55-13-7-9-16(28,29)19(34,35)22(40,41)23(42,43)20(36,37)17(30,31)10-11-18(32,33)21(38,39)24(44,45)25(46,47)26(48,49)27(50,51)52/h10-11H,4-9,12-14H2,1-3H3,(H,53,54). The van der Waals surface area contributed by atoms with Gasteiger partial charge in [-0.25, -0.2) is 4.79 Å². The first-order valence-electron chi connectivity index (χ1n) is 15.7. The van der Waals surface area contributed by atoms with Gasteiger partial charge in [-0.1, -0.05) is 0 Å². The van der Waals surface area contributed by atoms with Crippen LogP contribution >= 0.6 is 0 Å². The second-order valence-electron chi connectivity index (χ2n) is 11.6. The molecule has 0 aromatic carbocycles. The summed E-state index contributed by atoms with van der Waals surface area (Å²) in [4.78, 5) is 11.7. The first-order chi connectivity index (χ1) is 26.0. The van der Waals surface area contributed by atoms with E-state index in [-0.39, 0.29) is 38.8 Å². The van der Waals surface area contributed by atoms with Crippen molar-refractivity contribution in [1.29, 1.82) is 0 Å². The van der Waals surface area contributed by atoms with Crippen LogP contribution in [0.2, 0.25) is 6.04 Å². The molecule has 0 rings (SSSR count). The van der Waals surface area contributed by atoms with Crippen LogP contribution in [0.25, 0.3) is 0 Å². The molecule has 0 aromatic rings. The van der Waals surface area contributed by atoms with E-state index in [1.165, 1.54) is 0 Å². The molecule has 352 valence electrons. The van der Waals surface area contributed by atoms with Gasteiger partial charge < -0.3 is 23.3 Å². The van der Waals surface area contributed by atoms with Gasteiger partial charge in [-0.15, -0.1) is 0 Å². The summed E-state index contributed by atoms with van der Waals surface area (Å²) in [6.07, 6.45) is -20.0. The molecule has 0 bridgehead atoms. The predicted octanol–water partition coefficient (Wildman–Crippen LogP) is 11.0. The van der Waals surface area contributed by atoms with Crippen LogP contribution in [0.4, 0.5) is 115 Å². The maximum Gasteiger partial charge on any atom is 0.500 e. The molecule has 0 atom stereocenters. The van der Waals surface area contributed by atoms with Gasteiger partial charge in [-0.2, -0.15) is 110 Å². The fourth-order valence-electron chi connectivity index (χ4n) is 4.20. The topological polar surface area (TPSA) is 66.0 Å². The number of alkyl halides is 25. The van der Waals surface area contributed by atoms with E-state index in [1.54, 1.807) is 20.8 Å². The second kappa shape index (κ2) is 18.4. The van der Waals surface area contributed by atoms with Crippen molar-refractivity contribution in [3.63, 3.8) is 0 Å². The number of rotatable bonds is 25. The zero-order chi connectivity index (χ0) is 47.4. The Morgan fingerprint density at radius 2 is 0.831 bits per heavy atom. The Labute approximate surface area is 316 Å². The minimum absolute atomic E-state index is 0.0327. The molecule has 1 amide bonds. The summed E-state index contributed by atoms with van der Waals surface area (Å²) in [7, 11) is -3.24. The summed E-state index contributed by atoms with van der Waals surface area (Å²) in [5.41, 5.74) is 0. The molecule has 0 aliphatic heterocycles. The van der Waals surface area contributed by atoms with Crippen molar-refractivity contribution in [2.45, 2.75) is 117 Å².